The van der Waals surface area contributed by atoms with Crippen molar-refractivity contribution in [2.75, 3.05) is 6.61 Å². The van der Waals surface area contributed by atoms with E-state index in [4.69, 9.17) is 4.74 Å². The molecule has 2 aromatic carbocycles. The largest absolute Gasteiger partial charge is 0.493 e. The Balaban J connectivity index is 1.97. The van der Waals surface area contributed by atoms with Crippen molar-refractivity contribution in [1.82, 2.24) is 0 Å². The van der Waals surface area contributed by atoms with Crippen LogP contribution in [0, 0.1) is 0 Å². The average molecular weight is 224 g/mol. The van der Waals surface area contributed by atoms with Crippen LogP contribution in [0.15, 0.2) is 54.6 Å². The second kappa shape index (κ2) is 4.25. The van der Waals surface area contributed by atoms with E-state index in [1.165, 1.54) is 11.1 Å². The molecule has 0 amide bonds. The zero-order valence-electron chi connectivity index (χ0n) is 9.97. The van der Waals surface area contributed by atoms with Gasteiger partial charge in [-0.3, -0.25) is 0 Å². The summed E-state index contributed by atoms with van der Waals surface area (Å²) in [4.78, 5) is 0. The Morgan fingerprint density at radius 2 is 1.65 bits per heavy atom. The summed E-state index contributed by atoms with van der Waals surface area (Å²) < 4.78 is 5.86. The normalized spacial score (nSPS) is 22.6. The molecular formula is C16H16O. The van der Waals surface area contributed by atoms with Gasteiger partial charge < -0.3 is 4.74 Å². The van der Waals surface area contributed by atoms with Crippen molar-refractivity contribution in [2.45, 2.75) is 18.8 Å². The van der Waals surface area contributed by atoms with Crippen molar-refractivity contribution in [3.8, 4) is 5.75 Å². The van der Waals surface area contributed by atoms with Crippen LogP contribution in [0.3, 0.4) is 0 Å². The first-order chi connectivity index (χ1) is 8.36. The average Bonchev–Trinajstić information content (AvgIpc) is 2.40. The molecule has 2 atom stereocenters. The summed E-state index contributed by atoms with van der Waals surface area (Å²) >= 11 is 0. The first kappa shape index (κ1) is 10.4. The van der Waals surface area contributed by atoms with Gasteiger partial charge in [-0.25, -0.2) is 0 Å². The molecule has 1 heterocycles. The number of hydrogen-bond donors (Lipinski definition) is 0. The Hall–Kier alpha value is -1.76. The van der Waals surface area contributed by atoms with E-state index in [0.717, 1.165) is 12.4 Å². The van der Waals surface area contributed by atoms with E-state index in [0.29, 0.717) is 11.8 Å². The van der Waals surface area contributed by atoms with Gasteiger partial charge in [0.15, 0.2) is 0 Å². The van der Waals surface area contributed by atoms with Gasteiger partial charge in [-0.2, -0.15) is 0 Å². The van der Waals surface area contributed by atoms with E-state index >= 15 is 0 Å². The standard InChI is InChI=1S/C16H16O/c1-12-14-9-5-6-10-16(14)17-11-15(12)13-7-3-2-4-8-13/h2-10,12,15H,11H2,1H3. The highest BCUT2D eigenvalue weighted by molar-refractivity contribution is 5.41. The van der Waals surface area contributed by atoms with Crippen LogP contribution in [0.4, 0.5) is 0 Å². The quantitative estimate of drug-likeness (QED) is 0.712. The summed E-state index contributed by atoms with van der Waals surface area (Å²) in [5.41, 5.74) is 2.70. The van der Waals surface area contributed by atoms with Gasteiger partial charge >= 0.3 is 0 Å². The fourth-order valence-electron chi connectivity index (χ4n) is 2.61. The second-order valence-corrected chi connectivity index (χ2v) is 4.65. The molecule has 86 valence electrons. The molecule has 1 aliphatic rings. The third-order valence-electron chi connectivity index (χ3n) is 3.66. The van der Waals surface area contributed by atoms with Gasteiger partial charge in [0.05, 0.1) is 6.61 Å². The van der Waals surface area contributed by atoms with Crippen LogP contribution in [0.5, 0.6) is 5.75 Å². The summed E-state index contributed by atoms with van der Waals surface area (Å²) in [6.45, 7) is 3.07. The predicted octanol–water partition coefficient (Wildman–Crippen LogP) is 3.97. The number of para-hydroxylation sites is 1. The summed E-state index contributed by atoms with van der Waals surface area (Å²) in [7, 11) is 0. The van der Waals surface area contributed by atoms with Crippen molar-refractivity contribution in [1.29, 1.82) is 0 Å². The molecule has 0 N–H and O–H groups in total. The lowest BCUT2D eigenvalue weighted by Crippen LogP contribution is -2.22. The maximum absolute atomic E-state index is 5.86. The topological polar surface area (TPSA) is 9.23 Å². The molecule has 0 spiro atoms. The molecule has 0 aliphatic carbocycles. The molecule has 0 saturated carbocycles. The fraction of sp³-hybridized carbons (Fsp3) is 0.250. The van der Waals surface area contributed by atoms with Gasteiger partial charge in [-0.05, 0) is 23.1 Å². The molecule has 1 heteroatoms. The molecule has 17 heavy (non-hydrogen) atoms. The predicted molar refractivity (Wildman–Crippen MR) is 69.5 cm³/mol. The highest BCUT2D eigenvalue weighted by atomic mass is 16.5. The molecule has 0 saturated heterocycles. The zero-order chi connectivity index (χ0) is 11.7. The van der Waals surface area contributed by atoms with Crippen LogP contribution < -0.4 is 4.74 Å². The van der Waals surface area contributed by atoms with Crippen molar-refractivity contribution in [3.05, 3.63) is 65.7 Å². The van der Waals surface area contributed by atoms with Gasteiger partial charge in [-0.1, -0.05) is 55.5 Å². The smallest absolute Gasteiger partial charge is 0.122 e. The van der Waals surface area contributed by atoms with Crippen LogP contribution in [0.25, 0.3) is 0 Å². The molecule has 0 fully saturated rings. The van der Waals surface area contributed by atoms with Crippen LogP contribution in [0.1, 0.15) is 29.9 Å². The van der Waals surface area contributed by atoms with E-state index in [9.17, 15) is 0 Å². The van der Waals surface area contributed by atoms with E-state index in [1.807, 2.05) is 6.07 Å². The molecule has 2 unspecified atom stereocenters. The summed E-state index contributed by atoms with van der Waals surface area (Å²) in [5, 5.41) is 0. The maximum Gasteiger partial charge on any atom is 0.122 e. The number of ether oxygens (including phenoxy) is 1. The lowest BCUT2D eigenvalue weighted by atomic mass is 9.81. The van der Waals surface area contributed by atoms with Gasteiger partial charge in [0.1, 0.15) is 5.75 Å². The summed E-state index contributed by atoms with van der Waals surface area (Å²) in [6.07, 6.45) is 0. The fourth-order valence-corrected chi connectivity index (χ4v) is 2.61. The molecule has 2 aromatic rings. The SMILES string of the molecule is CC1c2ccccc2OCC1c1ccccc1. The number of hydrogen-bond acceptors (Lipinski definition) is 1. The highest BCUT2D eigenvalue weighted by Crippen LogP contribution is 2.41. The second-order valence-electron chi connectivity index (χ2n) is 4.65. The molecule has 3 rings (SSSR count). The van der Waals surface area contributed by atoms with E-state index < -0.39 is 0 Å². The molecule has 0 aromatic heterocycles. The first-order valence-corrected chi connectivity index (χ1v) is 6.13. The van der Waals surface area contributed by atoms with Crippen molar-refractivity contribution >= 4 is 0 Å². The van der Waals surface area contributed by atoms with Gasteiger partial charge in [-0.15, -0.1) is 0 Å². The molecule has 1 nitrogen and oxygen atoms in total. The number of rotatable bonds is 1. The lowest BCUT2D eigenvalue weighted by Gasteiger charge is -2.31. The third kappa shape index (κ3) is 1.82. The molecular weight excluding hydrogens is 208 g/mol. The van der Waals surface area contributed by atoms with Gasteiger partial charge in [0.2, 0.25) is 0 Å². The minimum Gasteiger partial charge on any atom is -0.493 e. The van der Waals surface area contributed by atoms with Crippen molar-refractivity contribution in [2.24, 2.45) is 0 Å². The minimum atomic E-state index is 0.464. The Morgan fingerprint density at radius 1 is 0.941 bits per heavy atom. The molecule has 0 bridgehead atoms. The van der Waals surface area contributed by atoms with E-state index in [1.54, 1.807) is 0 Å². The maximum atomic E-state index is 5.86. The van der Waals surface area contributed by atoms with Gasteiger partial charge in [0.25, 0.3) is 0 Å². The van der Waals surface area contributed by atoms with Crippen LogP contribution in [-0.2, 0) is 0 Å². The van der Waals surface area contributed by atoms with E-state index in [-0.39, 0.29) is 0 Å². The van der Waals surface area contributed by atoms with E-state index in [2.05, 4.69) is 55.5 Å². The Labute approximate surface area is 102 Å². The minimum absolute atomic E-state index is 0.464. The zero-order valence-corrected chi connectivity index (χ0v) is 9.97. The molecule has 1 aliphatic heterocycles. The monoisotopic (exact) mass is 224 g/mol. The van der Waals surface area contributed by atoms with Crippen LogP contribution in [-0.4, -0.2) is 6.61 Å². The third-order valence-corrected chi connectivity index (χ3v) is 3.66. The first-order valence-electron chi connectivity index (χ1n) is 6.13. The lowest BCUT2D eigenvalue weighted by molar-refractivity contribution is 0.243. The summed E-state index contributed by atoms with van der Waals surface area (Å²) in [6, 6.07) is 19.0. The van der Waals surface area contributed by atoms with Crippen molar-refractivity contribution in [3.63, 3.8) is 0 Å². The summed E-state index contributed by atoms with van der Waals surface area (Å²) in [5.74, 6) is 2.03. The number of fused-ring (bicyclic) bond motifs is 1. The Bertz CT molecular complexity index is 504. The van der Waals surface area contributed by atoms with Crippen LogP contribution >= 0.6 is 0 Å². The van der Waals surface area contributed by atoms with Crippen LogP contribution in [0.2, 0.25) is 0 Å². The Morgan fingerprint density at radius 3 is 2.47 bits per heavy atom. The molecule has 0 radical (unpaired) electrons. The highest BCUT2D eigenvalue weighted by Gasteiger charge is 2.28. The Kier molecular flexibility index (Phi) is 2.60. The van der Waals surface area contributed by atoms with Crippen molar-refractivity contribution < 1.29 is 4.74 Å². The van der Waals surface area contributed by atoms with Gasteiger partial charge in [0, 0.05) is 5.92 Å². The number of benzene rings is 2.